The first-order valence-electron chi connectivity index (χ1n) is 15.7. The minimum atomic E-state index is -1.49. The summed E-state index contributed by atoms with van der Waals surface area (Å²) in [7, 11) is 0.202. The SMILES string of the molecule is CCCc1cc(Cl)ccc1C1COc2ccc3cc2N(C1)CC1CCC1C(OCCOC)/C=C/CCC(C)S(=O)NC3=O. The first-order chi connectivity index (χ1) is 20.9. The van der Waals surface area contributed by atoms with Gasteiger partial charge in [-0.3, -0.25) is 9.52 Å². The minimum absolute atomic E-state index is 0.000404. The smallest absolute Gasteiger partial charge is 0.263 e. The molecule has 1 aliphatic carbocycles. The van der Waals surface area contributed by atoms with Crippen molar-refractivity contribution in [2.24, 2.45) is 11.8 Å². The predicted octanol–water partition coefficient (Wildman–Crippen LogP) is 6.46. The molecule has 2 aromatic rings. The molecule has 9 heteroatoms. The maximum Gasteiger partial charge on any atom is 0.263 e. The Hall–Kier alpha value is -2.39. The molecule has 0 saturated heterocycles. The number of nitrogens with zero attached hydrogens (tertiary/aromatic N) is 1. The van der Waals surface area contributed by atoms with Crippen molar-refractivity contribution in [3.05, 3.63) is 70.3 Å². The fourth-order valence-corrected chi connectivity index (χ4v) is 7.55. The summed E-state index contributed by atoms with van der Waals surface area (Å²) in [6, 6.07) is 11.8. The van der Waals surface area contributed by atoms with E-state index in [2.05, 4.69) is 40.8 Å². The highest BCUT2D eigenvalue weighted by Crippen LogP contribution is 2.43. The number of fused-ring (bicyclic) bond motifs is 2. The highest BCUT2D eigenvalue weighted by atomic mass is 35.5. The van der Waals surface area contributed by atoms with Gasteiger partial charge in [0.2, 0.25) is 0 Å². The van der Waals surface area contributed by atoms with E-state index < -0.39 is 11.0 Å². The number of rotatable bonds is 7. The summed E-state index contributed by atoms with van der Waals surface area (Å²) in [6.07, 6.45) is 10.0. The topological polar surface area (TPSA) is 77.1 Å². The molecule has 2 bridgehead atoms. The monoisotopic (exact) mass is 628 g/mol. The number of halogens is 1. The average Bonchev–Trinajstić information content (AvgIpc) is 3.16. The molecule has 5 rings (SSSR count). The van der Waals surface area contributed by atoms with Gasteiger partial charge in [0.05, 0.1) is 36.9 Å². The van der Waals surface area contributed by atoms with Gasteiger partial charge in [-0.05, 0) is 92.3 Å². The van der Waals surface area contributed by atoms with E-state index >= 15 is 0 Å². The van der Waals surface area contributed by atoms with Crippen molar-refractivity contribution in [3.8, 4) is 5.75 Å². The van der Waals surface area contributed by atoms with Crippen molar-refractivity contribution < 1.29 is 23.2 Å². The van der Waals surface area contributed by atoms with Crippen LogP contribution in [0.3, 0.4) is 0 Å². The van der Waals surface area contributed by atoms with Crippen molar-refractivity contribution in [2.75, 3.05) is 44.9 Å². The maximum atomic E-state index is 13.3. The van der Waals surface area contributed by atoms with Gasteiger partial charge in [-0.15, -0.1) is 0 Å². The molecule has 1 amide bonds. The second kappa shape index (κ2) is 15.1. The van der Waals surface area contributed by atoms with Crippen molar-refractivity contribution >= 4 is 34.2 Å². The van der Waals surface area contributed by atoms with Crippen LogP contribution in [0.2, 0.25) is 5.02 Å². The summed E-state index contributed by atoms with van der Waals surface area (Å²) in [5, 5.41) is 0.575. The Morgan fingerprint density at radius 3 is 2.74 bits per heavy atom. The Balaban J connectivity index is 1.51. The van der Waals surface area contributed by atoms with Crippen LogP contribution in [0, 0.1) is 11.8 Å². The number of anilines is 1. The summed E-state index contributed by atoms with van der Waals surface area (Å²) < 4.78 is 33.8. The number of allylic oxidation sites excluding steroid dienone is 1. The average molecular weight is 629 g/mol. The van der Waals surface area contributed by atoms with Crippen LogP contribution in [0.15, 0.2) is 48.6 Å². The van der Waals surface area contributed by atoms with Crippen molar-refractivity contribution in [2.45, 2.75) is 69.6 Å². The predicted molar refractivity (Wildman–Crippen MR) is 174 cm³/mol. The third kappa shape index (κ3) is 7.83. The van der Waals surface area contributed by atoms with Gasteiger partial charge < -0.3 is 19.1 Å². The fourth-order valence-electron chi connectivity index (χ4n) is 6.50. The molecule has 2 aromatic carbocycles. The van der Waals surface area contributed by atoms with E-state index in [1.165, 1.54) is 11.1 Å². The first kappa shape index (κ1) is 32.0. The molecule has 1 fully saturated rings. The van der Waals surface area contributed by atoms with Crippen LogP contribution in [0.5, 0.6) is 5.75 Å². The zero-order chi connectivity index (χ0) is 30.3. The molecule has 0 spiro atoms. The summed E-state index contributed by atoms with van der Waals surface area (Å²) >= 11 is 6.42. The molecule has 234 valence electrons. The number of carbonyl (C=O) groups excluding carboxylic acids is 1. The zero-order valence-corrected chi connectivity index (χ0v) is 27.1. The van der Waals surface area contributed by atoms with E-state index in [9.17, 15) is 9.00 Å². The fraction of sp³-hybridized carbons (Fsp3) is 0.559. The summed E-state index contributed by atoms with van der Waals surface area (Å²) in [5.41, 5.74) is 3.92. The van der Waals surface area contributed by atoms with Crippen molar-refractivity contribution in [1.82, 2.24) is 4.72 Å². The second-order valence-electron chi connectivity index (χ2n) is 12.1. The lowest BCUT2D eigenvalue weighted by Gasteiger charge is -2.44. The van der Waals surface area contributed by atoms with Crippen molar-refractivity contribution in [1.29, 1.82) is 0 Å². The van der Waals surface area contributed by atoms with Crippen LogP contribution in [-0.2, 0) is 26.9 Å². The van der Waals surface area contributed by atoms with Crippen LogP contribution in [0.1, 0.15) is 73.4 Å². The van der Waals surface area contributed by atoms with Crippen LogP contribution >= 0.6 is 11.6 Å². The second-order valence-corrected chi connectivity index (χ2v) is 14.1. The number of ether oxygens (including phenoxy) is 3. The van der Waals surface area contributed by atoms with E-state index in [0.717, 1.165) is 61.7 Å². The molecule has 0 radical (unpaired) electrons. The number of aryl methyl sites for hydroxylation is 1. The number of methoxy groups -OCH3 is 1. The molecule has 0 aromatic heterocycles. The van der Waals surface area contributed by atoms with Gasteiger partial charge >= 0.3 is 0 Å². The molecular formula is C34H45ClN2O5S. The molecule has 43 heavy (non-hydrogen) atoms. The number of amides is 1. The van der Waals surface area contributed by atoms with E-state index in [0.29, 0.717) is 43.6 Å². The summed E-state index contributed by atoms with van der Waals surface area (Å²) in [6.45, 7) is 7.33. The highest BCUT2D eigenvalue weighted by Gasteiger charge is 2.39. The van der Waals surface area contributed by atoms with Gasteiger partial charge in [0.1, 0.15) is 16.7 Å². The Morgan fingerprint density at radius 2 is 1.98 bits per heavy atom. The van der Waals surface area contributed by atoms with Crippen LogP contribution in [0.4, 0.5) is 5.69 Å². The van der Waals surface area contributed by atoms with E-state index in [1.54, 1.807) is 13.2 Å². The van der Waals surface area contributed by atoms with Gasteiger partial charge in [0, 0.05) is 36.7 Å². The van der Waals surface area contributed by atoms with Gasteiger partial charge in [-0.25, -0.2) is 4.21 Å². The lowest BCUT2D eigenvalue weighted by Crippen LogP contribution is -2.45. The lowest BCUT2D eigenvalue weighted by molar-refractivity contribution is -0.0308. The quantitative estimate of drug-likeness (QED) is 0.280. The molecule has 2 heterocycles. The number of hydrogen-bond donors (Lipinski definition) is 1. The largest absolute Gasteiger partial charge is 0.491 e. The van der Waals surface area contributed by atoms with E-state index in [4.69, 9.17) is 25.8 Å². The lowest BCUT2D eigenvalue weighted by atomic mass is 9.70. The third-order valence-corrected chi connectivity index (χ3v) is 10.7. The molecule has 6 atom stereocenters. The third-order valence-electron chi connectivity index (χ3n) is 9.08. The minimum Gasteiger partial charge on any atom is -0.491 e. The molecule has 3 aliphatic rings. The van der Waals surface area contributed by atoms with Crippen LogP contribution in [0.25, 0.3) is 0 Å². The number of carbonyl (C=O) groups is 1. The number of benzene rings is 2. The Bertz CT molecular complexity index is 1320. The Kier molecular flexibility index (Phi) is 11.2. The van der Waals surface area contributed by atoms with Crippen LogP contribution in [-0.4, -0.2) is 61.5 Å². The molecular weight excluding hydrogens is 584 g/mol. The molecule has 1 N–H and O–H groups in total. The Labute approximate surface area is 263 Å². The highest BCUT2D eigenvalue weighted by molar-refractivity contribution is 7.84. The standard InChI is InChI=1S/C34H45ClN2O5S/c1-4-7-24-18-28(35)12-14-29(24)27-21-37-20-26-10-13-30(26)32(41-17-16-40-3)9-6-5-8-23(2)43(39)36-34(38)25-11-15-33(42-22-27)31(37)19-25/h6,9,11-12,14-15,18-19,23,26-27,30,32H,4-5,7-8,10,13,16-17,20-22H2,1-3H3,(H,36,38)/b9-6+. The molecule has 6 unspecified atom stereocenters. The van der Waals surface area contributed by atoms with Crippen LogP contribution < -0.4 is 14.4 Å². The van der Waals surface area contributed by atoms with Gasteiger partial charge in [-0.1, -0.05) is 43.2 Å². The van der Waals surface area contributed by atoms with Gasteiger partial charge in [-0.2, -0.15) is 0 Å². The molecule has 1 saturated carbocycles. The first-order valence-corrected chi connectivity index (χ1v) is 17.3. The molecule has 2 aliphatic heterocycles. The molecule has 7 nitrogen and oxygen atoms in total. The Morgan fingerprint density at radius 1 is 1.12 bits per heavy atom. The summed E-state index contributed by atoms with van der Waals surface area (Å²) in [5.74, 6) is 1.39. The number of hydrogen-bond acceptors (Lipinski definition) is 6. The summed E-state index contributed by atoms with van der Waals surface area (Å²) in [4.78, 5) is 15.7. The maximum absolute atomic E-state index is 13.3. The zero-order valence-electron chi connectivity index (χ0n) is 25.6. The van der Waals surface area contributed by atoms with Crippen molar-refractivity contribution in [3.63, 3.8) is 0 Å². The van der Waals surface area contributed by atoms with Gasteiger partial charge in [0.15, 0.2) is 0 Å². The number of nitrogens with one attached hydrogen (secondary N) is 1. The van der Waals surface area contributed by atoms with Gasteiger partial charge in [0.25, 0.3) is 5.91 Å². The van der Waals surface area contributed by atoms with E-state index in [1.807, 2.05) is 25.1 Å². The van der Waals surface area contributed by atoms with E-state index in [-0.39, 0.29) is 23.2 Å². The normalized spacial score (nSPS) is 28.6.